The second-order valence-corrected chi connectivity index (χ2v) is 9.31. The minimum Gasteiger partial charge on any atom is -0.444 e. The van der Waals surface area contributed by atoms with Crippen LogP contribution in [0, 0.1) is 24.2 Å². The molecule has 0 radical (unpaired) electrons. The van der Waals surface area contributed by atoms with Crippen molar-refractivity contribution >= 4 is 35.2 Å². The number of alkyl carbamates (subject to hydrolysis) is 1. The van der Waals surface area contributed by atoms with Crippen LogP contribution in [0.25, 0.3) is 11.1 Å². The predicted octanol–water partition coefficient (Wildman–Crippen LogP) is 4.98. The van der Waals surface area contributed by atoms with Gasteiger partial charge in [0.25, 0.3) is 0 Å². The Morgan fingerprint density at radius 3 is 2.77 bits per heavy atom. The first-order chi connectivity index (χ1) is 14.6. The highest BCUT2D eigenvalue weighted by molar-refractivity contribution is 6.43. The van der Waals surface area contributed by atoms with Gasteiger partial charge in [0.15, 0.2) is 5.69 Å². The molecule has 1 amide bonds. The minimum atomic E-state index is -0.529. The van der Waals surface area contributed by atoms with Crippen LogP contribution in [0.2, 0.25) is 10.0 Å². The Morgan fingerprint density at radius 1 is 1.35 bits per heavy atom. The monoisotopic (exact) mass is 461 g/mol. The summed E-state index contributed by atoms with van der Waals surface area (Å²) in [7, 11) is 0. The number of ether oxygens (including phenoxy) is 1. The number of nitriles is 1. The van der Waals surface area contributed by atoms with Gasteiger partial charge in [-0.2, -0.15) is 5.26 Å². The molecule has 2 aromatic rings. The van der Waals surface area contributed by atoms with Crippen molar-refractivity contribution in [2.45, 2.75) is 39.7 Å². The number of carbonyl (C=O) groups is 1. The summed E-state index contributed by atoms with van der Waals surface area (Å²) >= 11 is 12.5. The summed E-state index contributed by atoms with van der Waals surface area (Å²) in [5.41, 5.74) is 1.60. The third-order valence-corrected chi connectivity index (χ3v) is 5.73. The summed E-state index contributed by atoms with van der Waals surface area (Å²) in [5.74, 6) is 0.736. The van der Waals surface area contributed by atoms with Gasteiger partial charge in [0.2, 0.25) is 5.95 Å². The maximum Gasteiger partial charge on any atom is 0.407 e. The zero-order valence-electron chi connectivity index (χ0n) is 18.0. The topological polar surface area (TPSA) is 91.1 Å². The Balaban J connectivity index is 1.75. The summed E-state index contributed by atoms with van der Waals surface area (Å²) in [5, 5.41) is 13.3. The van der Waals surface area contributed by atoms with Gasteiger partial charge in [0.1, 0.15) is 11.7 Å². The summed E-state index contributed by atoms with van der Waals surface area (Å²) in [6.45, 7) is 9.24. The number of halogens is 2. The molecule has 1 aromatic carbocycles. The van der Waals surface area contributed by atoms with Gasteiger partial charge in [-0.3, -0.25) is 0 Å². The van der Waals surface area contributed by atoms with E-state index in [1.54, 1.807) is 18.2 Å². The standard InChI is InChI=1S/C22H25Cl2N5O2/c1-13-18(15-6-5-7-16(23)19(15)24)17(10-25)28-20(27-13)29-9-8-14(12-29)11-26-21(30)31-22(2,3)4/h5-7,14H,8-9,11-12H2,1-4H3,(H,26,30)/t14-/m1/s1. The average molecular weight is 462 g/mol. The third kappa shape index (κ3) is 5.57. The highest BCUT2D eigenvalue weighted by atomic mass is 35.5. The number of benzene rings is 1. The maximum atomic E-state index is 11.9. The average Bonchev–Trinajstić information content (AvgIpc) is 3.16. The fraction of sp³-hybridized carbons (Fsp3) is 0.455. The molecular formula is C22H25Cl2N5O2. The summed E-state index contributed by atoms with van der Waals surface area (Å²) in [6, 6.07) is 7.44. The van der Waals surface area contributed by atoms with Gasteiger partial charge >= 0.3 is 6.09 Å². The van der Waals surface area contributed by atoms with E-state index in [1.165, 1.54) is 0 Å². The van der Waals surface area contributed by atoms with Crippen molar-refractivity contribution in [2.24, 2.45) is 5.92 Å². The molecule has 31 heavy (non-hydrogen) atoms. The van der Waals surface area contributed by atoms with E-state index in [4.69, 9.17) is 27.9 Å². The van der Waals surface area contributed by atoms with Crippen molar-refractivity contribution in [3.63, 3.8) is 0 Å². The van der Waals surface area contributed by atoms with Gasteiger partial charge in [-0.25, -0.2) is 14.8 Å². The van der Waals surface area contributed by atoms with Crippen LogP contribution in [0.3, 0.4) is 0 Å². The Hall–Kier alpha value is -2.56. The van der Waals surface area contributed by atoms with Crippen LogP contribution in [0.1, 0.15) is 38.6 Å². The van der Waals surface area contributed by atoms with Crippen molar-refractivity contribution in [3.05, 3.63) is 39.6 Å². The molecule has 0 saturated carbocycles. The Morgan fingerprint density at radius 2 is 2.10 bits per heavy atom. The number of rotatable bonds is 4. The molecule has 1 aliphatic heterocycles. The number of anilines is 1. The van der Waals surface area contributed by atoms with Crippen LogP contribution in [-0.2, 0) is 4.74 Å². The van der Waals surface area contributed by atoms with Gasteiger partial charge in [-0.15, -0.1) is 0 Å². The molecule has 0 aliphatic carbocycles. The van der Waals surface area contributed by atoms with E-state index in [9.17, 15) is 10.1 Å². The molecule has 164 valence electrons. The van der Waals surface area contributed by atoms with Gasteiger partial charge in [0, 0.05) is 30.8 Å². The summed E-state index contributed by atoms with van der Waals surface area (Å²) in [6.07, 6.45) is 0.453. The molecule has 1 aliphatic rings. The molecular weight excluding hydrogens is 437 g/mol. The number of hydrogen-bond donors (Lipinski definition) is 1. The predicted molar refractivity (Wildman–Crippen MR) is 121 cm³/mol. The smallest absolute Gasteiger partial charge is 0.407 e. The summed E-state index contributed by atoms with van der Waals surface area (Å²) in [4.78, 5) is 23.1. The molecule has 0 spiro atoms. The van der Waals surface area contributed by atoms with Crippen molar-refractivity contribution in [2.75, 3.05) is 24.5 Å². The van der Waals surface area contributed by atoms with E-state index in [1.807, 2.05) is 32.6 Å². The first kappa shape index (κ1) is 23.1. The van der Waals surface area contributed by atoms with E-state index in [2.05, 4.69) is 21.4 Å². The first-order valence-electron chi connectivity index (χ1n) is 10.0. The number of nitrogens with zero attached hydrogens (tertiary/aromatic N) is 4. The molecule has 3 rings (SSSR count). The van der Waals surface area contributed by atoms with Crippen molar-refractivity contribution in [1.82, 2.24) is 15.3 Å². The zero-order valence-corrected chi connectivity index (χ0v) is 19.5. The SMILES string of the molecule is Cc1nc(N2CC[C@H](CNC(=O)OC(C)(C)C)C2)nc(C#N)c1-c1cccc(Cl)c1Cl. The van der Waals surface area contributed by atoms with Crippen LogP contribution in [0.15, 0.2) is 18.2 Å². The fourth-order valence-electron chi connectivity index (χ4n) is 3.52. The molecule has 1 aromatic heterocycles. The van der Waals surface area contributed by atoms with E-state index < -0.39 is 11.7 Å². The highest BCUT2D eigenvalue weighted by Crippen LogP contribution is 2.36. The largest absolute Gasteiger partial charge is 0.444 e. The summed E-state index contributed by atoms with van der Waals surface area (Å²) < 4.78 is 5.28. The molecule has 9 heteroatoms. The number of carbonyl (C=O) groups excluding carboxylic acids is 1. The van der Waals surface area contributed by atoms with E-state index in [0.29, 0.717) is 45.9 Å². The third-order valence-electron chi connectivity index (χ3n) is 4.91. The fourth-order valence-corrected chi connectivity index (χ4v) is 3.92. The van der Waals surface area contributed by atoms with Crippen LogP contribution in [-0.4, -0.2) is 41.3 Å². The number of aryl methyl sites for hydroxylation is 1. The molecule has 7 nitrogen and oxygen atoms in total. The van der Waals surface area contributed by atoms with E-state index >= 15 is 0 Å². The normalized spacial score (nSPS) is 16.2. The first-order valence-corrected chi connectivity index (χ1v) is 10.8. The van der Waals surface area contributed by atoms with Crippen molar-refractivity contribution in [3.8, 4) is 17.2 Å². The van der Waals surface area contributed by atoms with Crippen LogP contribution in [0.4, 0.5) is 10.7 Å². The van der Waals surface area contributed by atoms with Gasteiger partial charge < -0.3 is 15.0 Å². The molecule has 1 N–H and O–H groups in total. The number of amides is 1. The molecule has 0 bridgehead atoms. The lowest BCUT2D eigenvalue weighted by Crippen LogP contribution is -2.36. The van der Waals surface area contributed by atoms with Crippen LogP contribution < -0.4 is 10.2 Å². The lowest BCUT2D eigenvalue weighted by Gasteiger charge is -2.21. The maximum absolute atomic E-state index is 11.9. The van der Waals surface area contributed by atoms with E-state index in [0.717, 1.165) is 13.0 Å². The van der Waals surface area contributed by atoms with Gasteiger partial charge in [-0.1, -0.05) is 35.3 Å². The van der Waals surface area contributed by atoms with Crippen molar-refractivity contribution < 1.29 is 9.53 Å². The van der Waals surface area contributed by atoms with Crippen LogP contribution >= 0.6 is 23.2 Å². The highest BCUT2D eigenvalue weighted by Gasteiger charge is 2.27. The van der Waals surface area contributed by atoms with Crippen molar-refractivity contribution in [1.29, 1.82) is 5.26 Å². The number of aromatic nitrogens is 2. The quantitative estimate of drug-likeness (QED) is 0.689. The Bertz CT molecular complexity index is 1030. The Labute approximate surface area is 192 Å². The molecule has 1 atom stereocenters. The molecule has 2 heterocycles. The van der Waals surface area contributed by atoms with Crippen LogP contribution in [0.5, 0.6) is 0 Å². The lowest BCUT2D eigenvalue weighted by atomic mass is 10.0. The number of nitrogens with one attached hydrogen (secondary N) is 1. The van der Waals surface area contributed by atoms with Gasteiger partial charge in [-0.05, 0) is 46.1 Å². The Kier molecular flexibility index (Phi) is 6.93. The lowest BCUT2D eigenvalue weighted by molar-refractivity contribution is 0.0520. The van der Waals surface area contributed by atoms with Gasteiger partial charge in [0.05, 0.1) is 15.7 Å². The minimum absolute atomic E-state index is 0.240. The second-order valence-electron chi connectivity index (χ2n) is 8.53. The van der Waals surface area contributed by atoms with E-state index in [-0.39, 0.29) is 11.6 Å². The number of hydrogen-bond acceptors (Lipinski definition) is 6. The molecule has 1 saturated heterocycles. The molecule has 0 unspecified atom stereocenters. The molecule has 1 fully saturated rings. The zero-order chi connectivity index (χ0) is 22.8. The second kappa shape index (κ2) is 9.29.